The molecule has 0 saturated heterocycles. The summed E-state index contributed by atoms with van der Waals surface area (Å²) in [6, 6.07) is 6.65. The quantitative estimate of drug-likeness (QED) is 0.640. The molecular weight excluding hydrogens is 232 g/mol. The second-order valence-electron chi connectivity index (χ2n) is 4.06. The van der Waals surface area contributed by atoms with Crippen molar-refractivity contribution in [2.24, 2.45) is 0 Å². The summed E-state index contributed by atoms with van der Waals surface area (Å²) in [5.41, 5.74) is 3.29. The van der Waals surface area contributed by atoms with Crippen LogP contribution in [0.3, 0.4) is 0 Å². The van der Waals surface area contributed by atoms with Crippen LogP contribution in [0.5, 0.6) is 0 Å². The number of aromatic amines is 2. The van der Waals surface area contributed by atoms with Gasteiger partial charge in [0.2, 0.25) is 0 Å². The molecule has 2 aromatic heterocycles. The van der Waals surface area contributed by atoms with Crippen LogP contribution in [0, 0.1) is 6.92 Å². The zero-order chi connectivity index (χ0) is 12.7. The summed E-state index contributed by atoms with van der Waals surface area (Å²) >= 11 is 0. The highest BCUT2D eigenvalue weighted by atomic mass is 16.4. The van der Waals surface area contributed by atoms with Gasteiger partial charge in [-0.25, -0.2) is 9.78 Å². The van der Waals surface area contributed by atoms with E-state index < -0.39 is 5.97 Å². The van der Waals surface area contributed by atoms with Gasteiger partial charge in [-0.15, -0.1) is 0 Å². The molecule has 1 aromatic carbocycles. The number of fused-ring (bicyclic) bond motifs is 1. The zero-order valence-corrected chi connectivity index (χ0v) is 9.56. The number of rotatable bonds is 2. The van der Waals surface area contributed by atoms with E-state index in [1.807, 2.05) is 13.0 Å². The first-order valence-electron chi connectivity index (χ1n) is 5.39. The van der Waals surface area contributed by atoms with Crippen LogP contribution in [0.25, 0.3) is 22.6 Å². The van der Waals surface area contributed by atoms with Crippen LogP contribution in [0.15, 0.2) is 24.3 Å². The molecule has 0 amide bonds. The van der Waals surface area contributed by atoms with Crippen molar-refractivity contribution in [3.05, 3.63) is 35.5 Å². The average Bonchev–Trinajstić information content (AvgIpc) is 2.93. The number of carbonyl (C=O) groups is 1. The molecule has 0 aliphatic carbocycles. The van der Waals surface area contributed by atoms with Gasteiger partial charge in [0.25, 0.3) is 0 Å². The van der Waals surface area contributed by atoms with Crippen molar-refractivity contribution in [2.75, 3.05) is 0 Å². The minimum Gasteiger partial charge on any atom is -0.478 e. The molecule has 18 heavy (non-hydrogen) atoms. The van der Waals surface area contributed by atoms with Gasteiger partial charge in [0.05, 0.1) is 16.6 Å². The number of aromatic carboxylic acids is 1. The third-order valence-electron chi connectivity index (χ3n) is 2.68. The van der Waals surface area contributed by atoms with E-state index in [0.29, 0.717) is 17.0 Å². The van der Waals surface area contributed by atoms with Crippen LogP contribution in [-0.2, 0) is 0 Å². The molecule has 0 aliphatic heterocycles. The topological polar surface area (TPSA) is 94.7 Å². The van der Waals surface area contributed by atoms with Gasteiger partial charge in [-0.3, -0.25) is 5.10 Å². The van der Waals surface area contributed by atoms with Crippen molar-refractivity contribution < 1.29 is 9.90 Å². The molecule has 0 fully saturated rings. The minimum atomic E-state index is -0.955. The Kier molecular flexibility index (Phi) is 2.16. The lowest BCUT2D eigenvalue weighted by Gasteiger charge is -1.92. The summed E-state index contributed by atoms with van der Waals surface area (Å²) in [4.78, 5) is 18.3. The highest BCUT2D eigenvalue weighted by Crippen LogP contribution is 2.20. The SMILES string of the molecule is Cc1cc(-c2nc3ccc(C(=O)O)cc3[nH]2)n[nH]1. The number of nitrogens with zero attached hydrogens (tertiary/aromatic N) is 2. The number of carboxylic acids is 1. The summed E-state index contributed by atoms with van der Waals surface area (Å²) in [5, 5.41) is 15.9. The third kappa shape index (κ3) is 1.64. The first-order chi connectivity index (χ1) is 8.63. The van der Waals surface area contributed by atoms with Gasteiger partial charge in [0, 0.05) is 5.69 Å². The number of hydrogen-bond acceptors (Lipinski definition) is 3. The van der Waals surface area contributed by atoms with Crippen LogP contribution in [0.1, 0.15) is 16.1 Å². The lowest BCUT2D eigenvalue weighted by molar-refractivity contribution is 0.0697. The first kappa shape index (κ1) is 10.5. The van der Waals surface area contributed by atoms with E-state index in [1.165, 1.54) is 6.07 Å². The fourth-order valence-corrected chi connectivity index (χ4v) is 1.80. The molecule has 90 valence electrons. The molecule has 0 radical (unpaired) electrons. The molecule has 6 nitrogen and oxygen atoms in total. The summed E-state index contributed by atoms with van der Waals surface area (Å²) in [5.74, 6) is -0.333. The summed E-state index contributed by atoms with van der Waals surface area (Å²) in [6.45, 7) is 1.90. The fourth-order valence-electron chi connectivity index (χ4n) is 1.80. The van der Waals surface area contributed by atoms with Crippen LogP contribution < -0.4 is 0 Å². The monoisotopic (exact) mass is 242 g/mol. The van der Waals surface area contributed by atoms with E-state index in [0.717, 1.165) is 11.2 Å². The average molecular weight is 242 g/mol. The molecule has 2 heterocycles. The van der Waals surface area contributed by atoms with Crippen LogP contribution in [0.2, 0.25) is 0 Å². The van der Waals surface area contributed by atoms with Crippen molar-refractivity contribution in [1.29, 1.82) is 0 Å². The lowest BCUT2D eigenvalue weighted by atomic mass is 10.2. The fraction of sp³-hybridized carbons (Fsp3) is 0.0833. The normalized spacial score (nSPS) is 10.9. The van der Waals surface area contributed by atoms with E-state index in [2.05, 4.69) is 20.2 Å². The lowest BCUT2D eigenvalue weighted by Crippen LogP contribution is -1.94. The van der Waals surface area contributed by atoms with Gasteiger partial charge in [0.1, 0.15) is 5.69 Å². The Hall–Kier alpha value is -2.63. The van der Waals surface area contributed by atoms with Gasteiger partial charge in [-0.1, -0.05) is 0 Å². The third-order valence-corrected chi connectivity index (χ3v) is 2.68. The Balaban J connectivity index is 2.13. The second-order valence-corrected chi connectivity index (χ2v) is 4.06. The standard InChI is InChI=1S/C12H10N4O2/c1-6-4-10(16-15-6)11-13-8-3-2-7(12(17)18)5-9(8)14-11/h2-5H,1H3,(H,13,14)(H,15,16)(H,17,18). The van der Waals surface area contributed by atoms with Crippen LogP contribution in [0.4, 0.5) is 0 Å². The number of nitrogens with one attached hydrogen (secondary N) is 2. The summed E-state index contributed by atoms with van der Waals surface area (Å²) in [6.07, 6.45) is 0. The van der Waals surface area contributed by atoms with Crippen molar-refractivity contribution in [1.82, 2.24) is 20.2 Å². The maximum Gasteiger partial charge on any atom is 0.335 e. The Morgan fingerprint density at radius 1 is 1.33 bits per heavy atom. The number of hydrogen-bond donors (Lipinski definition) is 3. The number of aromatic nitrogens is 4. The van der Waals surface area contributed by atoms with Crippen LogP contribution >= 0.6 is 0 Å². The van der Waals surface area contributed by atoms with Gasteiger partial charge in [-0.05, 0) is 31.2 Å². The Morgan fingerprint density at radius 3 is 2.83 bits per heavy atom. The molecule has 0 atom stereocenters. The minimum absolute atomic E-state index is 0.232. The molecule has 0 unspecified atom stereocenters. The number of imidazole rings is 1. The van der Waals surface area contributed by atoms with E-state index in [4.69, 9.17) is 5.11 Å². The van der Waals surface area contributed by atoms with Gasteiger partial charge < -0.3 is 10.1 Å². The molecule has 6 heteroatoms. The predicted molar refractivity (Wildman–Crippen MR) is 65.4 cm³/mol. The highest BCUT2D eigenvalue weighted by Gasteiger charge is 2.10. The molecule has 0 spiro atoms. The molecule has 0 bridgehead atoms. The molecule has 0 saturated carbocycles. The molecular formula is C12H10N4O2. The maximum absolute atomic E-state index is 10.9. The van der Waals surface area contributed by atoms with Crippen LogP contribution in [-0.4, -0.2) is 31.2 Å². The van der Waals surface area contributed by atoms with Crippen molar-refractivity contribution >= 4 is 17.0 Å². The smallest absolute Gasteiger partial charge is 0.335 e. The first-order valence-corrected chi connectivity index (χ1v) is 5.39. The predicted octanol–water partition coefficient (Wildman–Crippen LogP) is 1.96. The van der Waals surface area contributed by atoms with Crippen molar-refractivity contribution in [2.45, 2.75) is 6.92 Å². The van der Waals surface area contributed by atoms with E-state index in [-0.39, 0.29) is 5.56 Å². The molecule has 0 aliphatic rings. The molecule has 3 aromatic rings. The summed E-state index contributed by atoms with van der Waals surface area (Å²) in [7, 11) is 0. The highest BCUT2D eigenvalue weighted by molar-refractivity contribution is 5.92. The zero-order valence-electron chi connectivity index (χ0n) is 9.56. The second kappa shape index (κ2) is 3.69. The van der Waals surface area contributed by atoms with Crippen molar-refractivity contribution in [3.8, 4) is 11.5 Å². The van der Waals surface area contributed by atoms with E-state index >= 15 is 0 Å². The van der Waals surface area contributed by atoms with Gasteiger partial charge in [-0.2, -0.15) is 5.10 Å². The maximum atomic E-state index is 10.9. The number of carboxylic acid groups (broad SMARTS) is 1. The number of H-pyrrole nitrogens is 2. The Morgan fingerprint density at radius 2 is 2.17 bits per heavy atom. The summed E-state index contributed by atoms with van der Waals surface area (Å²) < 4.78 is 0. The Labute approximate surface area is 102 Å². The van der Waals surface area contributed by atoms with E-state index in [1.54, 1.807) is 12.1 Å². The number of aryl methyl sites for hydroxylation is 1. The largest absolute Gasteiger partial charge is 0.478 e. The van der Waals surface area contributed by atoms with Crippen molar-refractivity contribution in [3.63, 3.8) is 0 Å². The van der Waals surface area contributed by atoms with Gasteiger partial charge in [0.15, 0.2) is 5.82 Å². The molecule has 3 N–H and O–H groups in total. The molecule has 3 rings (SSSR count). The number of benzene rings is 1. The van der Waals surface area contributed by atoms with E-state index in [9.17, 15) is 4.79 Å². The Bertz CT molecular complexity index is 741. The van der Waals surface area contributed by atoms with Gasteiger partial charge >= 0.3 is 5.97 Å².